The summed E-state index contributed by atoms with van der Waals surface area (Å²) in [7, 11) is 0. The molecule has 0 aliphatic rings. The van der Waals surface area contributed by atoms with Gasteiger partial charge in [-0.25, -0.2) is 9.50 Å². The highest BCUT2D eigenvalue weighted by molar-refractivity contribution is 7.19. The molecule has 0 aliphatic carbocycles. The van der Waals surface area contributed by atoms with Crippen molar-refractivity contribution in [2.75, 3.05) is 6.61 Å². The Bertz CT molecular complexity index is 1070. The molecule has 0 bridgehead atoms. The largest absolute Gasteiger partial charge is 0.494 e. The molecule has 2 aromatic heterocycles. The summed E-state index contributed by atoms with van der Waals surface area (Å²) in [5.74, 6) is 0.912. The number of ether oxygens (including phenoxy) is 1. The van der Waals surface area contributed by atoms with E-state index in [4.69, 9.17) is 21.3 Å². The van der Waals surface area contributed by atoms with Crippen molar-refractivity contribution in [3.05, 3.63) is 59.8 Å². The van der Waals surface area contributed by atoms with Gasteiger partial charge >= 0.3 is 0 Å². The maximum atomic E-state index is 6.30. The van der Waals surface area contributed by atoms with Gasteiger partial charge in [-0.1, -0.05) is 86.6 Å². The van der Waals surface area contributed by atoms with Crippen molar-refractivity contribution in [3.63, 3.8) is 0 Å². The Balaban J connectivity index is 1.32. The summed E-state index contributed by atoms with van der Waals surface area (Å²) in [5, 5.41) is 6.22. The Morgan fingerprint density at radius 1 is 0.935 bits per heavy atom. The summed E-state index contributed by atoms with van der Waals surface area (Å²) in [6.45, 7) is 3.03. The molecule has 6 heteroatoms. The van der Waals surface area contributed by atoms with E-state index in [1.165, 1.54) is 49.9 Å². The van der Waals surface area contributed by atoms with E-state index in [1.807, 2.05) is 47.1 Å². The molecule has 162 valence electrons. The van der Waals surface area contributed by atoms with Gasteiger partial charge in [-0.15, -0.1) is 0 Å². The van der Waals surface area contributed by atoms with Crippen LogP contribution in [0.5, 0.6) is 5.75 Å². The fourth-order valence-electron chi connectivity index (χ4n) is 3.55. The second kappa shape index (κ2) is 10.8. The predicted octanol–water partition coefficient (Wildman–Crippen LogP) is 7.91. The van der Waals surface area contributed by atoms with Gasteiger partial charge in [-0.05, 0) is 36.8 Å². The summed E-state index contributed by atoms with van der Waals surface area (Å²) in [5.41, 5.74) is 2.90. The van der Waals surface area contributed by atoms with E-state index in [1.54, 1.807) is 0 Å². The maximum Gasteiger partial charge on any atom is 0.213 e. The topological polar surface area (TPSA) is 39.4 Å². The Morgan fingerprint density at radius 2 is 1.68 bits per heavy atom. The zero-order valence-corrected chi connectivity index (χ0v) is 19.5. The Kier molecular flexibility index (Phi) is 7.60. The molecule has 0 spiro atoms. The first-order valence-electron chi connectivity index (χ1n) is 11.1. The number of hydrogen-bond donors (Lipinski definition) is 0. The second-order valence-corrected chi connectivity index (χ2v) is 9.10. The molecule has 0 atom stereocenters. The van der Waals surface area contributed by atoms with Gasteiger partial charge in [0.1, 0.15) is 10.8 Å². The lowest BCUT2D eigenvalue weighted by molar-refractivity contribution is 0.304. The van der Waals surface area contributed by atoms with Crippen molar-refractivity contribution < 1.29 is 4.74 Å². The number of aromatic nitrogens is 3. The van der Waals surface area contributed by atoms with Crippen LogP contribution in [-0.4, -0.2) is 21.2 Å². The molecule has 0 fully saturated rings. The molecule has 0 aliphatic heterocycles. The van der Waals surface area contributed by atoms with Crippen LogP contribution < -0.4 is 4.74 Å². The van der Waals surface area contributed by atoms with Crippen LogP contribution in [0.1, 0.15) is 51.9 Å². The SMILES string of the molecule is CCCCCCCCCOc1ccc(-c2cn3nc(-c4ccccc4Cl)sc3n2)cc1. The van der Waals surface area contributed by atoms with Crippen LogP contribution in [0.4, 0.5) is 0 Å². The van der Waals surface area contributed by atoms with E-state index in [2.05, 4.69) is 24.2 Å². The van der Waals surface area contributed by atoms with Crippen LogP contribution in [0.15, 0.2) is 54.7 Å². The molecular formula is C25H28ClN3OS. The molecule has 0 saturated carbocycles. The fraction of sp³-hybridized carbons (Fsp3) is 0.360. The van der Waals surface area contributed by atoms with Crippen molar-refractivity contribution in [1.29, 1.82) is 0 Å². The van der Waals surface area contributed by atoms with E-state index >= 15 is 0 Å². The van der Waals surface area contributed by atoms with Gasteiger partial charge in [0.05, 0.1) is 23.5 Å². The van der Waals surface area contributed by atoms with E-state index in [-0.39, 0.29) is 0 Å². The fourth-order valence-corrected chi connectivity index (χ4v) is 4.76. The molecule has 4 rings (SSSR count). The molecule has 0 N–H and O–H groups in total. The zero-order chi connectivity index (χ0) is 21.5. The molecule has 4 nitrogen and oxygen atoms in total. The van der Waals surface area contributed by atoms with Crippen molar-refractivity contribution >= 4 is 27.9 Å². The molecule has 4 aromatic rings. The lowest BCUT2D eigenvalue weighted by Crippen LogP contribution is -1.97. The summed E-state index contributed by atoms with van der Waals surface area (Å²) in [4.78, 5) is 5.59. The Hall–Kier alpha value is -2.37. The van der Waals surface area contributed by atoms with Crippen LogP contribution in [0, 0.1) is 0 Å². The quantitative estimate of drug-likeness (QED) is 0.216. The third-order valence-electron chi connectivity index (χ3n) is 5.31. The van der Waals surface area contributed by atoms with Crippen LogP contribution in [0.25, 0.3) is 26.8 Å². The van der Waals surface area contributed by atoms with Crippen LogP contribution in [0.3, 0.4) is 0 Å². The van der Waals surface area contributed by atoms with Crippen LogP contribution in [0.2, 0.25) is 5.02 Å². The minimum Gasteiger partial charge on any atom is -0.494 e. The van der Waals surface area contributed by atoms with Crippen LogP contribution >= 0.6 is 22.9 Å². The minimum atomic E-state index is 0.701. The first-order valence-corrected chi connectivity index (χ1v) is 12.3. The predicted molar refractivity (Wildman–Crippen MR) is 130 cm³/mol. The van der Waals surface area contributed by atoms with Crippen molar-refractivity contribution in [2.45, 2.75) is 51.9 Å². The number of halogens is 1. The number of nitrogens with zero attached hydrogens (tertiary/aromatic N) is 3. The molecule has 2 heterocycles. The van der Waals surface area contributed by atoms with Gasteiger partial charge in [0.2, 0.25) is 4.96 Å². The molecular weight excluding hydrogens is 426 g/mol. The van der Waals surface area contributed by atoms with Gasteiger partial charge < -0.3 is 4.74 Å². The number of benzene rings is 2. The lowest BCUT2D eigenvalue weighted by atomic mass is 10.1. The number of unbranched alkanes of at least 4 members (excludes halogenated alkanes) is 6. The second-order valence-electron chi connectivity index (χ2n) is 7.73. The summed E-state index contributed by atoms with van der Waals surface area (Å²) < 4.78 is 7.72. The summed E-state index contributed by atoms with van der Waals surface area (Å²) in [6, 6.07) is 15.9. The summed E-state index contributed by atoms with van der Waals surface area (Å²) >= 11 is 7.84. The first kappa shape index (κ1) is 21.8. The smallest absolute Gasteiger partial charge is 0.213 e. The Morgan fingerprint density at radius 3 is 2.42 bits per heavy atom. The van der Waals surface area contributed by atoms with Crippen molar-refractivity contribution in [3.8, 4) is 27.6 Å². The number of fused-ring (bicyclic) bond motifs is 1. The van der Waals surface area contributed by atoms with E-state index in [0.717, 1.165) is 45.6 Å². The monoisotopic (exact) mass is 453 g/mol. The molecule has 0 saturated heterocycles. The zero-order valence-electron chi connectivity index (χ0n) is 17.9. The van der Waals surface area contributed by atoms with Crippen molar-refractivity contribution in [2.24, 2.45) is 0 Å². The molecule has 0 unspecified atom stereocenters. The van der Waals surface area contributed by atoms with Gasteiger partial charge in [-0.3, -0.25) is 0 Å². The van der Waals surface area contributed by atoms with Gasteiger partial charge in [0, 0.05) is 11.1 Å². The minimum absolute atomic E-state index is 0.701. The van der Waals surface area contributed by atoms with Crippen molar-refractivity contribution in [1.82, 2.24) is 14.6 Å². The highest BCUT2D eigenvalue weighted by atomic mass is 35.5. The van der Waals surface area contributed by atoms with E-state index < -0.39 is 0 Å². The summed E-state index contributed by atoms with van der Waals surface area (Å²) in [6.07, 6.45) is 11.0. The maximum absolute atomic E-state index is 6.30. The normalized spacial score (nSPS) is 11.3. The molecule has 31 heavy (non-hydrogen) atoms. The third-order valence-corrected chi connectivity index (χ3v) is 6.60. The molecule has 0 amide bonds. The molecule has 0 radical (unpaired) electrons. The third kappa shape index (κ3) is 5.66. The number of rotatable bonds is 11. The van der Waals surface area contributed by atoms with Crippen LogP contribution in [-0.2, 0) is 0 Å². The van der Waals surface area contributed by atoms with E-state index in [0.29, 0.717) is 5.02 Å². The molecule has 2 aromatic carbocycles. The average molecular weight is 454 g/mol. The van der Waals surface area contributed by atoms with Gasteiger partial charge in [-0.2, -0.15) is 5.10 Å². The highest BCUT2D eigenvalue weighted by Gasteiger charge is 2.13. The van der Waals surface area contributed by atoms with E-state index in [9.17, 15) is 0 Å². The highest BCUT2D eigenvalue weighted by Crippen LogP contribution is 2.32. The average Bonchev–Trinajstić information content (AvgIpc) is 3.36. The number of hydrogen-bond acceptors (Lipinski definition) is 4. The number of imidazole rings is 1. The first-order chi connectivity index (χ1) is 15.2. The van der Waals surface area contributed by atoms with Gasteiger partial charge in [0.25, 0.3) is 0 Å². The van der Waals surface area contributed by atoms with Gasteiger partial charge in [0.15, 0.2) is 0 Å². The Labute approximate surface area is 192 Å². The lowest BCUT2D eigenvalue weighted by Gasteiger charge is -2.06. The standard InChI is InChI=1S/C25H28ClN3OS/c1-2-3-4-5-6-7-10-17-30-20-15-13-19(14-16-20)23-18-29-25(27-23)31-24(28-29)21-11-8-9-12-22(21)26/h8-9,11-16,18H,2-7,10,17H2,1H3.